The van der Waals surface area contributed by atoms with Crippen LogP contribution in [0.5, 0.6) is 0 Å². The van der Waals surface area contributed by atoms with Crippen molar-refractivity contribution in [3.8, 4) is 0 Å². The Morgan fingerprint density at radius 3 is 2.11 bits per heavy atom. The summed E-state index contributed by atoms with van der Waals surface area (Å²) in [6, 6.07) is 0. The molecule has 1 rings (SSSR count). The van der Waals surface area contributed by atoms with Crippen LogP contribution in [0.25, 0.3) is 0 Å². The minimum Gasteiger partial charge on any atom is -0.691 e. The number of hydrogen-bond donors (Lipinski definition) is 0. The van der Waals surface area contributed by atoms with Gasteiger partial charge in [-0.2, -0.15) is 17.4 Å². The van der Waals surface area contributed by atoms with Gasteiger partial charge >= 0.3 is 4.59 Å². The number of halogens is 2. The Morgan fingerprint density at radius 1 is 1.11 bits per heavy atom. The van der Waals surface area contributed by atoms with Crippen molar-refractivity contribution in [1.82, 2.24) is 4.31 Å². The van der Waals surface area contributed by atoms with E-state index in [4.69, 9.17) is 0 Å². The van der Waals surface area contributed by atoms with Crippen molar-refractivity contribution in [3.05, 3.63) is 0 Å². The summed E-state index contributed by atoms with van der Waals surface area (Å²) in [5.41, 5.74) is 0. The summed E-state index contributed by atoms with van der Waals surface area (Å²) in [6.45, 7) is 0.105. The van der Waals surface area contributed by atoms with Gasteiger partial charge < -0.3 is 5.26 Å². The number of sulfonamides is 1. The highest BCUT2D eigenvalue weighted by Gasteiger charge is 2.51. The zero-order valence-corrected chi connectivity index (χ0v) is 11.1. The maximum atomic E-state index is 13.4. The molecular weight excluding hydrogens is 292 g/mol. The van der Waals surface area contributed by atoms with Crippen LogP contribution < -0.4 is 5.26 Å². The molecule has 0 unspecified atom stereocenters. The highest BCUT2D eigenvalue weighted by atomic mass is 32.3. The van der Waals surface area contributed by atoms with Crippen LogP contribution in [-0.2, 0) is 19.4 Å². The fourth-order valence-corrected chi connectivity index (χ4v) is 3.60. The van der Waals surface area contributed by atoms with Gasteiger partial charge in [0.1, 0.15) is 12.0 Å². The molecule has 0 aliphatic carbocycles. The second kappa shape index (κ2) is 6.96. The van der Waals surface area contributed by atoms with Gasteiger partial charge in [-0.3, -0.25) is 5.04 Å². The van der Waals surface area contributed by atoms with E-state index in [2.05, 4.69) is 9.37 Å². The van der Waals surface area contributed by atoms with Gasteiger partial charge in [0.05, 0.1) is 0 Å². The molecular formula is C8H14F2NO5S2-. The SMILES string of the molecule is O=S(=O)(N1CCCCCCC1)C(F)(F)SOO[O-]. The van der Waals surface area contributed by atoms with Crippen LogP contribution in [0.15, 0.2) is 0 Å². The van der Waals surface area contributed by atoms with Crippen LogP contribution in [0.1, 0.15) is 32.1 Å². The van der Waals surface area contributed by atoms with Crippen LogP contribution >= 0.6 is 12.0 Å². The number of nitrogens with zero attached hydrogens (tertiary/aromatic N) is 1. The molecule has 0 amide bonds. The standard InChI is InChI=1S/C8H15F2NO5S2/c9-8(10,17-16-15-12)18(13,14)11-6-4-2-1-3-5-7-11/h12H,1-7H2/p-1. The molecule has 1 saturated heterocycles. The first kappa shape index (κ1) is 16.1. The van der Waals surface area contributed by atoms with Crippen LogP contribution in [0, 0.1) is 0 Å². The van der Waals surface area contributed by atoms with Gasteiger partial charge in [-0.05, 0) is 12.8 Å². The number of hydrogen-bond acceptors (Lipinski definition) is 6. The normalized spacial score (nSPS) is 20.4. The lowest BCUT2D eigenvalue weighted by atomic mass is 10.1. The molecule has 0 N–H and O–H groups in total. The first-order valence-electron chi connectivity index (χ1n) is 5.43. The summed E-state index contributed by atoms with van der Waals surface area (Å²) < 4.78 is 50.1. The number of rotatable bonds is 5. The van der Waals surface area contributed by atoms with E-state index in [1.807, 2.05) is 0 Å². The highest BCUT2D eigenvalue weighted by molar-refractivity contribution is 8.10. The maximum Gasteiger partial charge on any atom is 0.433 e. The predicted molar refractivity (Wildman–Crippen MR) is 58.3 cm³/mol. The van der Waals surface area contributed by atoms with E-state index in [1.165, 1.54) is 0 Å². The zero-order chi connectivity index (χ0) is 13.6. The molecule has 0 atom stereocenters. The second-order valence-corrected chi connectivity index (χ2v) is 6.91. The minimum absolute atomic E-state index is 0.0523. The fraction of sp³-hybridized carbons (Fsp3) is 1.00. The summed E-state index contributed by atoms with van der Waals surface area (Å²) >= 11 is -0.806. The molecule has 0 aromatic rings. The average Bonchev–Trinajstić information content (AvgIpc) is 2.25. The number of alkyl halides is 2. The van der Waals surface area contributed by atoms with Crippen molar-refractivity contribution in [1.29, 1.82) is 0 Å². The monoisotopic (exact) mass is 306 g/mol. The van der Waals surface area contributed by atoms with Crippen LogP contribution in [0.3, 0.4) is 0 Å². The average molecular weight is 306 g/mol. The molecule has 1 fully saturated rings. The Morgan fingerprint density at radius 2 is 1.61 bits per heavy atom. The van der Waals surface area contributed by atoms with Crippen molar-refractivity contribution in [2.75, 3.05) is 13.1 Å². The molecule has 0 spiro atoms. The van der Waals surface area contributed by atoms with Gasteiger partial charge in [0.25, 0.3) is 10.0 Å². The van der Waals surface area contributed by atoms with Gasteiger partial charge in [0.2, 0.25) is 0 Å². The first-order chi connectivity index (χ1) is 8.42. The summed E-state index contributed by atoms with van der Waals surface area (Å²) in [5.74, 6) is 0. The van der Waals surface area contributed by atoms with Crippen molar-refractivity contribution in [3.63, 3.8) is 0 Å². The fourth-order valence-electron chi connectivity index (χ4n) is 1.71. The first-order valence-corrected chi connectivity index (χ1v) is 7.62. The third kappa shape index (κ3) is 4.00. The molecule has 0 saturated carbocycles. The lowest BCUT2D eigenvalue weighted by Gasteiger charge is -2.27. The minimum atomic E-state index is -4.85. The van der Waals surface area contributed by atoms with E-state index in [0.717, 1.165) is 23.6 Å². The van der Waals surface area contributed by atoms with Gasteiger partial charge in [-0.25, -0.2) is 8.42 Å². The third-order valence-electron chi connectivity index (χ3n) is 2.61. The predicted octanol–water partition coefficient (Wildman–Crippen LogP) is 1.00. The van der Waals surface area contributed by atoms with E-state index in [1.54, 1.807) is 0 Å². The van der Waals surface area contributed by atoms with E-state index in [9.17, 15) is 22.5 Å². The van der Waals surface area contributed by atoms with Gasteiger partial charge in [0.15, 0.2) is 0 Å². The van der Waals surface area contributed by atoms with Gasteiger partial charge in [-0.1, -0.05) is 19.3 Å². The zero-order valence-electron chi connectivity index (χ0n) is 9.51. The molecule has 0 radical (unpaired) electrons. The summed E-state index contributed by atoms with van der Waals surface area (Å²) in [7, 11) is -4.85. The molecule has 108 valence electrons. The van der Waals surface area contributed by atoms with E-state index >= 15 is 0 Å². The second-order valence-electron chi connectivity index (χ2n) is 3.85. The molecule has 18 heavy (non-hydrogen) atoms. The quantitative estimate of drug-likeness (QED) is 0.428. The topological polar surface area (TPSA) is 78.9 Å². The van der Waals surface area contributed by atoms with Crippen molar-refractivity contribution in [2.24, 2.45) is 0 Å². The Balaban J connectivity index is 2.75. The van der Waals surface area contributed by atoms with Crippen molar-refractivity contribution >= 4 is 22.1 Å². The Kier molecular flexibility index (Phi) is 6.21. The smallest absolute Gasteiger partial charge is 0.433 e. The van der Waals surface area contributed by atoms with Crippen LogP contribution in [0.2, 0.25) is 0 Å². The maximum absolute atomic E-state index is 13.4. The highest BCUT2D eigenvalue weighted by Crippen LogP contribution is 2.38. The van der Waals surface area contributed by atoms with Crippen molar-refractivity contribution in [2.45, 2.75) is 36.7 Å². The summed E-state index contributed by atoms with van der Waals surface area (Å²) in [5, 5.41) is 12.3. The molecule has 1 aliphatic rings. The molecule has 0 bridgehead atoms. The van der Waals surface area contributed by atoms with Crippen LogP contribution in [0.4, 0.5) is 8.78 Å². The summed E-state index contributed by atoms with van der Waals surface area (Å²) in [4.78, 5) is 0. The van der Waals surface area contributed by atoms with Crippen LogP contribution in [-0.4, -0.2) is 30.4 Å². The third-order valence-corrected chi connectivity index (χ3v) is 5.41. The molecule has 1 aliphatic heterocycles. The Hall–Kier alpha value is -0.0000000000000000971. The molecule has 0 aromatic carbocycles. The van der Waals surface area contributed by atoms with Gasteiger partial charge in [-0.15, -0.1) is 0 Å². The lowest BCUT2D eigenvalue weighted by molar-refractivity contribution is -0.777. The van der Waals surface area contributed by atoms with Gasteiger partial charge in [0, 0.05) is 13.1 Å². The molecule has 1 heterocycles. The van der Waals surface area contributed by atoms with Crippen molar-refractivity contribution < 1.29 is 31.8 Å². The Labute approximate surface area is 108 Å². The lowest BCUT2D eigenvalue weighted by Crippen LogP contribution is -2.43. The summed E-state index contributed by atoms with van der Waals surface area (Å²) in [6.07, 6.45) is 3.68. The molecule has 0 aromatic heterocycles. The largest absolute Gasteiger partial charge is 0.691 e. The molecule has 10 heteroatoms. The Bertz CT molecular complexity index is 343. The van der Waals surface area contributed by atoms with E-state index < -0.39 is 26.7 Å². The molecule has 6 nitrogen and oxygen atoms in total. The van der Waals surface area contributed by atoms with E-state index in [-0.39, 0.29) is 13.1 Å². The van der Waals surface area contributed by atoms with E-state index in [0.29, 0.717) is 12.8 Å².